The van der Waals surface area contributed by atoms with Gasteiger partial charge in [-0.15, -0.1) is 0 Å². The molecule has 2 N–H and O–H groups in total. The molecular formula is C20H24N2O. The summed E-state index contributed by atoms with van der Waals surface area (Å²) in [4.78, 5) is 12.1. The lowest BCUT2D eigenvalue weighted by Gasteiger charge is -2.42. The quantitative estimate of drug-likeness (QED) is 0.863. The first-order valence-corrected chi connectivity index (χ1v) is 8.31. The van der Waals surface area contributed by atoms with Gasteiger partial charge < -0.3 is 10.6 Å². The molecule has 2 aromatic rings. The van der Waals surface area contributed by atoms with Crippen molar-refractivity contribution in [1.82, 2.24) is 10.6 Å². The molecule has 0 aliphatic heterocycles. The molecule has 1 aliphatic carbocycles. The number of carbonyl (C=O) groups excluding carboxylic acids is 1. The largest absolute Gasteiger partial charge is 0.337 e. The normalized spacial score (nSPS) is 15.5. The molecule has 0 unspecified atom stereocenters. The average molecular weight is 308 g/mol. The highest BCUT2D eigenvalue weighted by Crippen LogP contribution is 2.43. The molecular weight excluding hydrogens is 284 g/mol. The van der Waals surface area contributed by atoms with E-state index in [1.54, 1.807) is 0 Å². The molecule has 1 aliphatic rings. The zero-order chi connectivity index (χ0) is 16.1. The van der Waals surface area contributed by atoms with E-state index in [4.69, 9.17) is 0 Å². The van der Waals surface area contributed by atoms with Gasteiger partial charge in [0.15, 0.2) is 0 Å². The van der Waals surface area contributed by atoms with Crippen LogP contribution in [0.2, 0.25) is 0 Å². The third-order valence-electron chi connectivity index (χ3n) is 4.82. The third-order valence-corrected chi connectivity index (χ3v) is 4.82. The predicted octanol–water partition coefficient (Wildman–Crippen LogP) is 3.92. The second-order valence-corrected chi connectivity index (χ2v) is 6.53. The van der Waals surface area contributed by atoms with E-state index in [1.165, 1.54) is 17.5 Å². The number of aryl methyl sites for hydroxylation is 1. The van der Waals surface area contributed by atoms with Crippen LogP contribution in [0.4, 0.5) is 4.79 Å². The molecule has 0 bridgehead atoms. The van der Waals surface area contributed by atoms with Gasteiger partial charge in [0.2, 0.25) is 0 Å². The Kier molecular flexibility index (Phi) is 4.65. The highest BCUT2D eigenvalue weighted by atomic mass is 16.2. The molecule has 1 saturated carbocycles. The minimum absolute atomic E-state index is 0.0892. The predicted molar refractivity (Wildman–Crippen MR) is 93.4 cm³/mol. The van der Waals surface area contributed by atoms with Gasteiger partial charge in [-0.2, -0.15) is 0 Å². The van der Waals surface area contributed by atoms with Gasteiger partial charge in [-0.3, -0.25) is 0 Å². The smallest absolute Gasteiger partial charge is 0.315 e. The van der Waals surface area contributed by atoms with E-state index in [9.17, 15) is 4.79 Å². The molecule has 23 heavy (non-hydrogen) atoms. The summed E-state index contributed by atoms with van der Waals surface area (Å²) < 4.78 is 0. The van der Waals surface area contributed by atoms with Crippen molar-refractivity contribution in [1.29, 1.82) is 0 Å². The van der Waals surface area contributed by atoms with Crippen LogP contribution in [0.3, 0.4) is 0 Å². The van der Waals surface area contributed by atoms with Crippen LogP contribution in [-0.4, -0.2) is 12.6 Å². The second-order valence-electron chi connectivity index (χ2n) is 6.53. The van der Waals surface area contributed by atoms with Gasteiger partial charge in [0, 0.05) is 18.5 Å². The molecule has 2 aromatic carbocycles. The summed E-state index contributed by atoms with van der Waals surface area (Å²) >= 11 is 0. The monoisotopic (exact) mass is 308 g/mol. The lowest BCUT2D eigenvalue weighted by molar-refractivity contribution is 0.214. The van der Waals surface area contributed by atoms with Crippen LogP contribution in [0.5, 0.6) is 0 Å². The number of carbonyl (C=O) groups is 1. The second kappa shape index (κ2) is 6.86. The minimum atomic E-state index is -0.0892. The zero-order valence-electron chi connectivity index (χ0n) is 13.6. The van der Waals surface area contributed by atoms with Crippen LogP contribution >= 0.6 is 0 Å². The fourth-order valence-electron chi connectivity index (χ4n) is 3.28. The molecule has 0 saturated heterocycles. The maximum absolute atomic E-state index is 12.1. The van der Waals surface area contributed by atoms with Gasteiger partial charge in [0.1, 0.15) is 0 Å². The number of nitrogens with one attached hydrogen (secondary N) is 2. The Morgan fingerprint density at radius 1 is 1.04 bits per heavy atom. The maximum atomic E-state index is 12.1. The van der Waals surface area contributed by atoms with Crippen molar-refractivity contribution in [2.45, 2.75) is 38.1 Å². The molecule has 0 radical (unpaired) electrons. The molecule has 2 amide bonds. The van der Waals surface area contributed by atoms with Gasteiger partial charge in [-0.05, 0) is 30.9 Å². The van der Waals surface area contributed by atoms with E-state index in [0.29, 0.717) is 13.1 Å². The van der Waals surface area contributed by atoms with E-state index in [1.807, 2.05) is 18.2 Å². The Balaban J connectivity index is 1.52. The SMILES string of the molecule is Cc1cccc(CNC(=O)NCC2(c3ccccc3)CCC2)c1. The Morgan fingerprint density at radius 2 is 1.83 bits per heavy atom. The Hall–Kier alpha value is -2.29. The van der Waals surface area contributed by atoms with Crippen LogP contribution < -0.4 is 10.6 Å². The van der Waals surface area contributed by atoms with E-state index in [2.05, 4.69) is 54.0 Å². The first-order valence-electron chi connectivity index (χ1n) is 8.31. The van der Waals surface area contributed by atoms with Crippen molar-refractivity contribution in [2.75, 3.05) is 6.54 Å². The van der Waals surface area contributed by atoms with Crippen molar-refractivity contribution in [3.05, 3.63) is 71.3 Å². The highest BCUT2D eigenvalue weighted by molar-refractivity contribution is 5.74. The van der Waals surface area contributed by atoms with Crippen molar-refractivity contribution in [3.63, 3.8) is 0 Å². The van der Waals surface area contributed by atoms with E-state index in [-0.39, 0.29) is 11.4 Å². The van der Waals surface area contributed by atoms with Crippen LogP contribution in [0.1, 0.15) is 36.0 Å². The summed E-state index contributed by atoms with van der Waals surface area (Å²) in [6, 6.07) is 18.7. The fourth-order valence-corrected chi connectivity index (χ4v) is 3.28. The minimum Gasteiger partial charge on any atom is -0.337 e. The molecule has 0 spiro atoms. The maximum Gasteiger partial charge on any atom is 0.315 e. The molecule has 3 nitrogen and oxygen atoms in total. The molecule has 0 atom stereocenters. The number of benzene rings is 2. The summed E-state index contributed by atoms with van der Waals surface area (Å²) in [5.74, 6) is 0. The van der Waals surface area contributed by atoms with E-state index in [0.717, 1.165) is 18.4 Å². The molecule has 0 aromatic heterocycles. The Bertz CT molecular complexity index is 662. The van der Waals surface area contributed by atoms with Crippen molar-refractivity contribution in [3.8, 4) is 0 Å². The lowest BCUT2D eigenvalue weighted by Crippen LogP contribution is -2.48. The fraction of sp³-hybridized carbons (Fsp3) is 0.350. The van der Waals surface area contributed by atoms with Crippen LogP contribution in [0.25, 0.3) is 0 Å². The van der Waals surface area contributed by atoms with Crippen LogP contribution in [-0.2, 0) is 12.0 Å². The van der Waals surface area contributed by atoms with E-state index >= 15 is 0 Å². The van der Waals surface area contributed by atoms with Gasteiger partial charge in [-0.1, -0.05) is 66.6 Å². The molecule has 3 heteroatoms. The number of urea groups is 1. The number of hydrogen-bond donors (Lipinski definition) is 2. The summed E-state index contributed by atoms with van der Waals surface area (Å²) in [5.41, 5.74) is 3.80. The summed E-state index contributed by atoms with van der Waals surface area (Å²) in [7, 11) is 0. The number of hydrogen-bond acceptors (Lipinski definition) is 1. The average Bonchev–Trinajstić information content (AvgIpc) is 2.53. The Morgan fingerprint density at radius 3 is 2.48 bits per heavy atom. The molecule has 3 rings (SSSR count). The molecule has 120 valence electrons. The van der Waals surface area contributed by atoms with Gasteiger partial charge in [-0.25, -0.2) is 4.79 Å². The van der Waals surface area contributed by atoms with Crippen LogP contribution in [0.15, 0.2) is 54.6 Å². The standard InChI is InChI=1S/C20H24N2O/c1-16-7-5-8-17(13-16)14-21-19(23)22-15-20(11-6-12-20)18-9-3-2-4-10-18/h2-5,7-10,13H,6,11-12,14-15H2,1H3,(H2,21,22,23). The topological polar surface area (TPSA) is 41.1 Å². The Labute approximate surface area is 138 Å². The first-order chi connectivity index (χ1) is 11.2. The van der Waals surface area contributed by atoms with E-state index < -0.39 is 0 Å². The highest BCUT2D eigenvalue weighted by Gasteiger charge is 2.38. The molecule has 1 fully saturated rings. The van der Waals surface area contributed by atoms with Gasteiger partial charge >= 0.3 is 6.03 Å². The molecule has 0 heterocycles. The van der Waals surface area contributed by atoms with Crippen LogP contribution in [0, 0.1) is 6.92 Å². The lowest BCUT2D eigenvalue weighted by atomic mass is 9.64. The zero-order valence-corrected chi connectivity index (χ0v) is 13.6. The number of rotatable bonds is 5. The number of amides is 2. The summed E-state index contributed by atoms with van der Waals surface area (Å²) in [6.45, 7) is 3.33. The van der Waals surface area contributed by atoms with Gasteiger partial charge in [0.05, 0.1) is 0 Å². The summed E-state index contributed by atoms with van der Waals surface area (Å²) in [6.07, 6.45) is 3.53. The van der Waals surface area contributed by atoms with Crippen molar-refractivity contribution < 1.29 is 4.79 Å². The first kappa shape index (κ1) is 15.6. The van der Waals surface area contributed by atoms with Crippen molar-refractivity contribution >= 4 is 6.03 Å². The summed E-state index contributed by atoms with van der Waals surface area (Å²) in [5, 5.41) is 6.01. The third kappa shape index (κ3) is 3.73. The van der Waals surface area contributed by atoms with Gasteiger partial charge in [0.25, 0.3) is 0 Å². The van der Waals surface area contributed by atoms with Crippen molar-refractivity contribution in [2.24, 2.45) is 0 Å².